The van der Waals surface area contributed by atoms with Crippen molar-refractivity contribution in [1.82, 2.24) is 5.32 Å². The fraction of sp³-hybridized carbons (Fsp3) is 0.545. The highest BCUT2D eigenvalue weighted by molar-refractivity contribution is 5.87. The lowest BCUT2D eigenvalue weighted by Crippen LogP contribution is -2.35. The van der Waals surface area contributed by atoms with Crippen molar-refractivity contribution in [3.63, 3.8) is 0 Å². The summed E-state index contributed by atoms with van der Waals surface area (Å²) in [5, 5.41) is 11.7. The summed E-state index contributed by atoms with van der Waals surface area (Å²) in [6.45, 7) is 6.21. The molecular formula is C11H19NO2. The van der Waals surface area contributed by atoms with E-state index < -0.39 is 0 Å². The number of carbonyl (C=O) groups excluding carboxylic acids is 1. The van der Waals surface area contributed by atoms with E-state index in [-0.39, 0.29) is 17.9 Å². The molecule has 0 rings (SSSR count). The molecule has 3 nitrogen and oxygen atoms in total. The average Bonchev–Trinajstić information content (AvgIpc) is 2.16. The van der Waals surface area contributed by atoms with Gasteiger partial charge in [0.05, 0.1) is 0 Å². The highest BCUT2D eigenvalue weighted by Gasteiger charge is 2.16. The van der Waals surface area contributed by atoms with Gasteiger partial charge in [0, 0.05) is 24.6 Å². The van der Waals surface area contributed by atoms with Crippen molar-refractivity contribution in [3.05, 3.63) is 24.3 Å². The minimum Gasteiger partial charge on any atom is -0.396 e. The maximum absolute atomic E-state index is 11.2. The third-order valence-corrected chi connectivity index (χ3v) is 1.72. The van der Waals surface area contributed by atoms with Crippen LogP contribution < -0.4 is 5.32 Å². The van der Waals surface area contributed by atoms with Crippen molar-refractivity contribution in [2.24, 2.45) is 5.41 Å². The third kappa shape index (κ3) is 6.43. The number of rotatable bonds is 5. The molecule has 0 bridgehead atoms. The molecule has 0 aliphatic heterocycles. The van der Waals surface area contributed by atoms with Crippen LogP contribution in [0, 0.1) is 5.41 Å². The number of aliphatic hydroxyl groups excluding tert-OH is 1. The van der Waals surface area contributed by atoms with Crippen molar-refractivity contribution in [2.75, 3.05) is 13.2 Å². The van der Waals surface area contributed by atoms with Gasteiger partial charge in [-0.2, -0.15) is 0 Å². The summed E-state index contributed by atoms with van der Waals surface area (Å²) < 4.78 is 0. The fourth-order valence-corrected chi connectivity index (χ4v) is 0.695. The van der Waals surface area contributed by atoms with Gasteiger partial charge in [-0.25, -0.2) is 0 Å². The number of allylic oxidation sites excluding steroid dienone is 3. The van der Waals surface area contributed by atoms with Crippen LogP contribution in [0.25, 0.3) is 0 Å². The van der Waals surface area contributed by atoms with Gasteiger partial charge in [-0.1, -0.05) is 32.1 Å². The molecule has 0 atom stereocenters. The zero-order chi connectivity index (χ0) is 11.0. The summed E-state index contributed by atoms with van der Waals surface area (Å²) in [6, 6.07) is 0. The van der Waals surface area contributed by atoms with Crippen LogP contribution in [0.15, 0.2) is 24.3 Å². The quantitative estimate of drug-likeness (QED) is 0.515. The van der Waals surface area contributed by atoms with Gasteiger partial charge in [0.15, 0.2) is 0 Å². The van der Waals surface area contributed by atoms with E-state index in [9.17, 15) is 4.79 Å². The molecule has 0 saturated heterocycles. The molecule has 0 aromatic carbocycles. The molecule has 14 heavy (non-hydrogen) atoms. The molecule has 0 radical (unpaired) electrons. The van der Waals surface area contributed by atoms with Crippen molar-refractivity contribution in [3.8, 4) is 0 Å². The Kier molecular flexibility index (Phi) is 5.88. The molecule has 0 aromatic rings. The largest absolute Gasteiger partial charge is 0.396 e. The summed E-state index contributed by atoms with van der Waals surface area (Å²) in [6.07, 6.45) is 6.78. The maximum Gasteiger partial charge on any atom is 0.243 e. The van der Waals surface area contributed by atoms with Crippen molar-refractivity contribution >= 4 is 5.91 Å². The Balaban J connectivity index is 3.85. The van der Waals surface area contributed by atoms with Crippen LogP contribution in [0.5, 0.6) is 0 Å². The van der Waals surface area contributed by atoms with Gasteiger partial charge in [0.25, 0.3) is 0 Å². The molecule has 0 fully saturated rings. The van der Waals surface area contributed by atoms with E-state index in [1.807, 2.05) is 26.8 Å². The predicted molar refractivity (Wildman–Crippen MR) is 57.8 cm³/mol. The molecule has 0 aliphatic carbocycles. The first-order valence-corrected chi connectivity index (χ1v) is 4.70. The molecule has 0 aromatic heterocycles. The Morgan fingerprint density at radius 2 is 2.07 bits per heavy atom. The summed E-state index contributed by atoms with van der Waals surface area (Å²) in [4.78, 5) is 11.2. The van der Waals surface area contributed by atoms with Gasteiger partial charge in [-0.3, -0.25) is 4.79 Å². The molecule has 0 spiro atoms. The molecule has 0 aliphatic rings. The van der Waals surface area contributed by atoms with E-state index in [0.29, 0.717) is 6.54 Å². The van der Waals surface area contributed by atoms with Crippen molar-refractivity contribution < 1.29 is 9.90 Å². The smallest absolute Gasteiger partial charge is 0.243 e. The van der Waals surface area contributed by atoms with E-state index >= 15 is 0 Å². The van der Waals surface area contributed by atoms with E-state index in [1.54, 1.807) is 12.2 Å². The molecule has 80 valence electrons. The molecular weight excluding hydrogens is 178 g/mol. The van der Waals surface area contributed by atoms with Crippen LogP contribution in [0.2, 0.25) is 0 Å². The molecule has 1 amide bonds. The van der Waals surface area contributed by atoms with Crippen LogP contribution in [0.3, 0.4) is 0 Å². The first kappa shape index (κ1) is 12.9. The zero-order valence-corrected chi connectivity index (χ0v) is 9.08. The van der Waals surface area contributed by atoms with Gasteiger partial charge in [0.1, 0.15) is 0 Å². The monoisotopic (exact) mass is 197 g/mol. The normalized spacial score (nSPS) is 12.6. The highest BCUT2D eigenvalue weighted by atomic mass is 16.3. The van der Waals surface area contributed by atoms with Crippen LogP contribution in [0.1, 0.15) is 20.8 Å². The Hall–Kier alpha value is -1.09. The number of hydrogen-bond acceptors (Lipinski definition) is 2. The fourth-order valence-electron chi connectivity index (χ4n) is 0.695. The van der Waals surface area contributed by atoms with E-state index in [1.165, 1.54) is 6.08 Å². The standard InChI is InChI=1S/C11H19NO2/c1-4-5-6-7-10(14)12-8-11(2,3)9-13/h4-7,13H,8-9H2,1-3H3,(H,12,14)/b5-4+,7-6?. The van der Waals surface area contributed by atoms with Crippen molar-refractivity contribution in [1.29, 1.82) is 0 Å². The second kappa shape index (κ2) is 6.38. The van der Waals surface area contributed by atoms with Crippen LogP contribution in [-0.4, -0.2) is 24.2 Å². The van der Waals surface area contributed by atoms with Crippen LogP contribution in [-0.2, 0) is 4.79 Å². The Morgan fingerprint density at radius 3 is 2.57 bits per heavy atom. The van der Waals surface area contributed by atoms with Crippen LogP contribution >= 0.6 is 0 Å². The van der Waals surface area contributed by atoms with E-state index in [0.717, 1.165) is 0 Å². The second-order valence-electron chi connectivity index (χ2n) is 3.93. The zero-order valence-electron chi connectivity index (χ0n) is 9.08. The Labute approximate surface area is 85.5 Å². The number of hydrogen-bond donors (Lipinski definition) is 2. The number of aliphatic hydroxyl groups is 1. The molecule has 0 saturated carbocycles. The molecule has 0 heterocycles. The third-order valence-electron chi connectivity index (χ3n) is 1.72. The van der Waals surface area contributed by atoms with Crippen LogP contribution in [0.4, 0.5) is 0 Å². The average molecular weight is 197 g/mol. The summed E-state index contributed by atoms with van der Waals surface area (Å²) >= 11 is 0. The van der Waals surface area contributed by atoms with Gasteiger partial charge < -0.3 is 10.4 Å². The van der Waals surface area contributed by atoms with Gasteiger partial charge in [0.2, 0.25) is 5.91 Å². The first-order valence-electron chi connectivity index (χ1n) is 4.70. The van der Waals surface area contributed by atoms with Gasteiger partial charge >= 0.3 is 0 Å². The van der Waals surface area contributed by atoms with E-state index in [4.69, 9.17) is 5.11 Å². The maximum atomic E-state index is 11.2. The number of nitrogens with one attached hydrogen (secondary N) is 1. The summed E-state index contributed by atoms with van der Waals surface area (Å²) in [5.74, 6) is -0.135. The minimum atomic E-state index is -0.260. The predicted octanol–water partition coefficient (Wildman–Crippen LogP) is 1.25. The Bertz CT molecular complexity index is 229. The van der Waals surface area contributed by atoms with Gasteiger partial charge in [-0.15, -0.1) is 0 Å². The topological polar surface area (TPSA) is 49.3 Å². The lowest BCUT2D eigenvalue weighted by Gasteiger charge is -2.21. The van der Waals surface area contributed by atoms with Crippen molar-refractivity contribution in [2.45, 2.75) is 20.8 Å². The van der Waals surface area contributed by atoms with E-state index in [2.05, 4.69) is 5.32 Å². The summed E-state index contributed by atoms with van der Waals surface area (Å²) in [7, 11) is 0. The van der Waals surface area contributed by atoms with Gasteiger partial charge in [-0.05, 0) is 6.92 Å². The first-order chi connectivity index (χ1) is 6.52. The molecule has 0 unspecified atom stereocenters. The molecule has 3 heteroatoms. The molecule has 2 N–H and O–H groups in total. The Morgan fingerprint density at radius 1 is 1.43 bits per heavy atom. The lowest BCUT2D eigenvalue weighted by atomic mass is 9.95. The number of carbonyl (C=O) groups is 1. The highest BCUT2D eigenvalue weighted by Crippen LogP contribution is 2.10. The summed E-state index contributed by atoms with van der Waals surface area (Å²) in [5.41, 5.74) is -0.260. The minimum absolute atomic E-state index is 0.0614. The lowest BCUT2D eigenvalue weighted by molar-refractivity contribution is -0.117. The number of amides is 1. The second-order valence-corrected chi connectivity index (χ2v) is 3.93. The SMILES string of the molecule is C/C=C/C=CC(=O)NCC(C)(C)CO.